The summed E-state index contributed by atoms with van der Waals surface area (Å²) in [6, 6.07) is 9.12. The normalized spacial score (nSPS) is 10.9. The minimum atomic E-state index is -0.364. The van der Waals surface area contributed by atoms with Gasteiger partial charge in [-0.3, -0.25) is 14.7 Å². The van der Waals surface area contributed by atoms with Crippen LogP contribution in [0.1, 0.15) is 29.9 Å². The molecule has 0 saturated carbocycles. The fraction of sp³-hybridized carbons (Fsp3) is 0.125. The van der Waals surface area contributed by atoms with Gasteiger partial charge < -0.3 is 0 Å². The summed E-state index contributed by atoms with van der Waals surface area (Å²) in [5, 5.41) is 2.96. The number of para-hydroxylation sites is 1. The maximum Gasteiger partial charge on any atom is 0.283 e. The average molecular weight is 268 g/mol. The summed E-state index contributed by atoms with van der Waals surface area (Å²) in [7, 11) is 0. The number of hydrogen-bond donors (Lipinski definition) is 1. The molecule has 0 aliphatic heterocycles. The molecule has 4 nitrogen and oxygen atoms in total. The zero-order valence-electron chi connectivity index (χ0n) is 11.5. The monoisotopic (exact) mass is 268 g/mol. The van der Waals surface area contributed by atoms with Crippen molar-refractivity contribution in [3.63, 3.8) is 0 Å². The Morgan fingerprint density at radius 3 is 2.50 bits per heavy atom. The third-order valence-electron chi connectivity index (χ3n) is 2.90. The van der Waals surface area contributed by atoms with Crippen molar-refractivity contribution in [2.24, 2.45) is 0 Å². The van der Waals surface area contributed by atoms with E-state index in [0.717, 1.165) is 0 Å². The van der Waals surface area contributed by atoms with Gasteiger partial charge in [-0.2, -0.15) is 0 Å². The molecule has 102 valence electrons. The van der Waals surface area contributed by atoms with E-state index in [1.165, 1.54) is 10.8 Å². The molecule has 0 radical (unpaired) electrons. The number of ketones is 1. The topological polar surface area (TPSA) is 54.9 Å². The number of H-pyrrole nitrogens is 1. The van der Waals surface area contributed by atoms with Crippen molar-refractivity contribution in [3.05, 3.63) is 70.7 Å². The van der Waals surface area contributed by atoms with Gasteiger partial charge in [0.25, 0.3) is 5.56 Å². The van der Waals surface area contributed by atoms with E-state index in [4.69, 9.17) is 0 Å². The lowest BCUT2D eigenvalue weighted by Crippen LogP contribution is -2.19. The molecule has 20 heavy (non-hydrogen) atoms. The molecule has 0 aliphatic carbocycles. The van der Waals surface area contributed by atoms with Crippen LogP contribution in [0.3, 0.4) is 0 Å². The van der Waals surface area contributed by atoms with Gasteiger partial charge in [-0.05, 0) is 37.6 Å². The van der Waals surface area contributed by atoms with Crippen molar-refractivity contribution in [1.82, 2.24) is 9.78 Å². The number of aromatic nitrogens is 2. The molecular formula is C16H16N2O2. The van der Waals surface area contributed by atoms with Crippen LogP contribution in [0.2, 0.25) is 0 Å². The Bertz CT molecular complexity index is 734. The van der Waals surface area contributed by atoms with Gasteiger partial charge in [-0.15, -0.1) is 0 Å². The number of aromatic amines is 1. The number of rotatable bonds is 4. The van der Waals surface area contributed by atoms with Crippen molar-refractivity contribution in [2.45, 2.75) is 13.8 Å². The number of benzene rings is 1. The summed E-state index contributed by atoms with van der Waals surface area (Å²) >= 11 is 0. The van der Waals surface area contributed by atoms with Crippen LogP contribution in [0, 0.1) is 0 Å². The molecular weight excluding hydrogens is 252 g/mol. The SMILES string of the molecule is C=C(C)c1[nH]n(-c2ccccc2)c(=O)c1C(=O)/C=C/C. The van der Waals surface area contributed by atoms with E-state index in [1.54, 1.807) is 32.1 Å². The van der Waals surface area contributed by atoms with Crippen LogP contribution in [-0.4, -0.2) is 15.6 Å². The third kappa shape index (κ3) is 2.40. The average Bonchev–Trinajstić information content (AvgIpc) is 2.78. The maximum atomic E-state index is 12.4. The van der Waals surface area contributed by atoms with E-state index < -0.39 is 0 Å². The number of nitrogens with one attached hydrogen (secondary N) is 1. The minimum absolute atomic E-state index is 0.124. The van der Waals surface area contributed by atoms with Gasteiger partial charge >= 0.3 is 0 Å². The Kier molecular flexibility index (Phi) is 3.84. The summed E-state index contributed by atoms with van der Waals surface area (Å²) in [6.45, 7) is 7.31. The molecule has 0 fully saturated rings. The van der Waals surface area contributed by atoms with Crippen molar-refractivity contribution in [1.29, 1.82) is 0 Å². The number of nitrogens with zero attached hydrogens (tertiary/aromatic N) is 1. The predicted octanol–water partition coefficient (Wildman–Crippen LogP) is 2.96. The molecule has 1 N–H and O–H groups in total. The number of carbonyl (C=O) groups is 1. The predicted molar refractivity (Wildman–Crippen MR) is 80.2 cm³/mol. The van der Waals surface area contributed by atoms with E-state index in [1.807, 2.05) is 18.2 Å². The van der Waals surface area contributed by atoms with Gasteiger partial charge in [-0.1, -0.05) is 30.9 Å². The first-order chi connectivity index (χ1) is 9.56. The molecule has 0 spiro atoms. The molecule has 1 heterocycles. The first kappa shape index (κ1) is 13.8. The molecule has 1 aromatic carbocycles. The molecule has 0 amide bonds. The Morgan fingerprint density at radius 2 is 1.95 bits per heavy atom. The second kappa shape index (κ2) is 5.57. The second-order valence-electron chi connectivity index (χ2n) is 4.48. The van der Waals surface area contributed by atoms with Gasteiger partial charge in [0, 0.05) is 0 Å². The quantitative estimate of drug-likeness (QED) is 0.684. The van der Waals surface area contributed by atoms with E-state index in [2.05, 4.69) is 11.7 Å². The van der Waals surface area contributed by atoms with Crippen LogP contribution in [0.5, 0.6) is 0 Å². The third-order valence-corrected chi connectivity index (χ3v) is 2.90. The van der Waals surface area contributed by atoms with Gasteiger partial charge in [0.2, 0.25) is 0 Å². The molecule has 0 unspecified atom stereocenters. The van der Waals surface area contributed by atoms with Crippen molar-refractivity contribution < 1.29 is 4.79 Å². The van der Waals surface area contributed by atoms with Crippen molar-refractivity contribution >= 4 is 11.4 Å². The first-order valence-electron chi connectivity index (χ1n) is 6.29. The zero-order chi connectivity index (χ0) is 14.7. The minimum Gasteiger partial charge on any atom is -0.290 e. The lowest BCUT2D eigenvalue weighted by molar-refractivity contribution is 0.104. The second-order valence-corrected chi connectivity index (χ2v) is 4.48. The number of allylic oxidation sites excluding steroid dienone is 3. The smallest absolute Gasteiger partial charge is 0.283 e. The Labute approximate surface area is 117 Å². The van der Waals surface area contributed by atoms with Gasteiger partial charge in [-0.25, -0.2) is 4.68 Å². The molecule has 1 aromatic heterocycles. The fourth-order valence-corrected chi connectivity index (χ4v) is 1.97. The van der Waals surface area contributed by atoms with Crippen LogP contribution >= 0.6 is 0 Å². The van der Waals surface area contributed by atoms with E-state index in [-0.39, 0.29) is 16.9 Å². The van der Waals surface area contributed by atoms with Crippen molar-refractivity contribution in [3.8, 4) is 5.69 Å². The van der Waals surface area contributed by atoms with Crippen molar-refractivity contribution in [2.75, 3.05) is 0 Å². The molecule has 0 bridgehead atoms. The Hall–Kier alpha value is -2.62. The molecule has 4 heteroatoms. The summed E-state index contributed by atoms with van der Waals surface area (Å²) in [6.07, 6.45) is 3.00. The highest BCUT2D eigenvalue weighted by atomic mass is 16.2. The van der Waals surface area contributed by atoms with Crippen LogP contribution in [-0.2, 0) is 0 Å². The van der Waals surface area contributed by atoms with Gasteiger partial charge in [0.15, 0.2) is 5.78 Å². The lowest BCUT2D eigenvalue weighted by atomic mass is 10.1. The summed E-state index contributed by atoms with van der Waals surface area (Å²) in [5.74, 6) is -0.318. The highest BCUT2D eigenvalue weighted by Crippen LogP contribution is 2.15. The summed E-state index contributed by atoms with van der Waals surface area (Å²) in [4.78, 5) is 24.5. The van der Waals surface area contributed by atoms with Crippen LogP contribution < -0.4 is 5.56 Å². The largest absolute Gasteiger partial charge is 0.290 e. The van der Waals surface area contributed by atoms with Crippen LogP contribution in [0.15, 0.2) is 53.9 Å². The molecule has 0 atom stereocenters. The van der Waals surface area contributed by atoms with Gasteiger partial charge in [0.1, 0.15) is 5.56 Å². The zero-order valence-corrected chi connectivity index (χ0v) is 11.5. The molecule has 2 rings (SSSR count). The highest BCUT2D eigenvalue weighted by Gasteiger charge is 2.20. The molecule has 0 saturated heterocycles. The Balaban J connectivity index is 2.69. The standard InChI is InChI=1S/C16H16N2O2/c1-4-8-13(19)14-15(11(2)3)17-18(16(14)20)12-9-6-5-7-10-12/h4-10,17H,2H2,1,3H3/b8-4+. The fourth-order valence-electron chi connectivity index (χ4n) is 1.97. The molecule has 0 aliphatic rings. The maximum absolute atomic E-state index is 12.4. The summed E-state index contributed by atoms with van der Waals surface area (Å²) < 4.78 is 1.36. The highest BCUT2D eigenvalue weighted by molar-refractivity contribution is 6.07. The van der Waals surface area contributed by atoms with E-state index in [0.29, 0.717) is 17.0 Å². The Morgan fingerprint density at radius 1 is 1.30 bits per heavy atom. The number of carbonyl (C=O) groups excluding carboxylic acids is 1. The number of hydrogen-bond acceptors (Lipinski definition) is 2. The van der Waals surface area contributed by atoms with E-state index in [9.17, 15) is 9.59 Å². The summed E-state index contributed by atoms with van der Waals surface area (Å²) in [5.41, 5.74) is 1.56. The van der Waals surface area contributed by atoms with Crippen LogP contribution in [0.4, 0.5) is 0 Å². The van der Waals surface area contributed by atoms with Gasteiger partial charge in [0.05, 0.1) is 11.4 Å². The lowest BCUT2D eigenvalue weighted by Gasteiger charge is -2.00. The van der Waals surface area contributed by atoms with Crippen LogP contribution in [0.25, 0.3) is 11.3 Å². The molecule has 2 aromatic rings. The van der Waals surface area contributed by atoms with E-state index >= 15 is 0 Å². The first-order valence-corrected chi connectivity index (χ1v) is 6.29.